The highest BCUT2D eigenvalue weighted by Crippen LogP contribution is 2.29. The van der Waals surface area contributed by atoms with E-state index in [1.165, 1.54) is 18.2 Å². The van der Waals surface area contributed by atoms with E-state index in [1.54, 1.807) is 105 Å². The monoisotopic (exact) mass is 1400 g/mol. The summed E-state index contributed by atoms with van der Waals surface area (Å²) < 4.78 is 26.5. The number of phenols is 1. The van der Waals surface area contributed by atoms with Crippen molar-refractivity contribution in [3.63, 3.8) is 0 Å². The third-order valence-electron chi connectivity index (χ3n) is 11.2. The van der Waals surface area contributed by atoms with Gasteiger partial charge in [-0.1, -0.05) is 200 Å². The molecule has 5 aromatic heterocycles. The van der Waals surface area contributed by atoms with Crippen LogP contribution in [0.25, 0.3) is 19.4 Å². The lowest BCUT2D eigenvalue weighted by atomic mass is 9.80. The number of rotatable bonds is 4. The van der Waals surface area contributed by atoms with E-state index < -0.39 is 21.4 Å². The van der Waals surface area contributed by atoms with Crippen LogP contribution in [-0.4, -0.2) is 66.5 Å². The summed E-state index contributed by atoms with van der Waals surface area (Å²) in [4.78, 5) is 32.8. The van der Waals surface area contributed by atoms with Crippen LogP contribution in [0, 0.1) is 65.3 Å². The van der Waals surface area contributed by atoms with Crippen LogP contribution in [0.15, 0.2) is 115 Å². The van der Waals surface area contributed by atoms with Gasteiger partial charge in [0.25, 0.3) is 0 Å². The normalized spacial score (nSPS) is 10.3. The Balaban J connectivity index is -0.00000107. The van der Waals surface area contributed by atoms with Crippen molar-refractivity contribution in [1.82, 2.24) is 24.9 Å². The van der Waals surface area contributed by atoms with E-state index in [4.69, 9.17) is 112 Å². The van der Waals surface area contributed by atoms with Gasteiger partial charge in [0.1, 0.15) is 49.5 Å². The molecule has 19 nitrogen and oxygen atoms in total. The summed E-state index contributed by atoms with van der Waals surface area (Å²) in [5.74, 6) is 2.13. The fourth-order valence-electron chi connectivity index (χ4n) is 7.12. The Bertz CT molecular complexity index is 3680. The molecule has 0 radical (unpaired) electrons. The number of pyridine rings is 5. The van der Waals surface area contributed by atoms with Crippen molar-refractivity contribution >= 4 is 107 Å². The number of ether oxygens (including phenoxy) is 2. The summed E-state index contributed by atoms with van der Waals surface area (Å²) in [7, 11) is -2.53. The predicted molar refractivity (Wildman–Crippen MR) is 399 cm³/mol. The fourth-order valence-corrected chi connectivity index (χ4v) is 7.94. The molecule has 0 amide bonds. The van der Waals surface area contributed by atoms with E-state index in [0.717, 1.165) is 44.5 Å². The number of hydrogen-bond donors (Lipinski definition) is 4. The van der Waals surface area contributed by atoms with Crippen molar-refractivity contribution < 1.29 is 43.6 Å². The van der Waals surface area contributed by atoms with Crippen LogP contribution >= 0.6 is 46.4 Å². The van der Waals surface area contributed by atoms with Crippen molar-refractivity contribution in [3.05, 3.63) is 227 Å². The zero-order valence-electron chi connectivity index (χ0n) is 59.1. The van der Waals surface area contributed by atoms with Crippen LogP contribution < -0.4 is 25.9 Å². The Morgan fingerprint density at radius 2 is 0.794 bits per heavy atom. The first-order valence-electron chi connectivity index (χ1n) is 31.6. The average molecular weight is 1400 g/mol. The minimum atomic E-state index is -0.870. The molecule has 0 atom stereocenters. The number of fused-ring (bicyclic) bond motifs is 3. The summed E-state index contributed by atoms with van der Waals surface area (Å²) in [6.45, 7) is 67.3. The quantitative estimate of drug-likeness (QED) is 0.0729. The second-order valence-corrected chi connectivity index (χ2v) is 18.4. The highest BCUT2D eigenvalue weighted by Gasteiger charge is 2.29. The fraction of sp³-hybridized carbons (Fsp3) is 0.324. The van der Waals surface area contributed by atoms with Crippen LogP contribution in [0.5, 0.6) is 29.0 Å². The van der Waals surface area contributed by atoms with E-state index in [1.807, 2.05) is 131 Å². The van der Waals surface area contributed by atoms with Crippen molar-refractivity contribution in [1.29, 1.82) is 5.26 Å². The molecule has 0 saturated heterocycles. The van der Waals surface area contributed by atoms with Gasteiger partial charge in [0.15, 0.2) is 0 Å². The molecule has 0 aliphatic carbocycles. The first kappa shape index (κ1) is 92.6. The first-order valence-corrected chi connectivity index (χ1v) is 33.1. The molecule has 3 aliphatic rings. The molecule has 0 unspecified atom stereocenters. The second kappa shape index (κ2) is 54.5. The molecule has 3 aromatic carbocycles. The van der Waals surface area contributed by atoms with E-state index in [0.29, 0.717) is 87.2 Å². The van der Waals surface area contributed by atoms with Gasteiger partial charge in [0, 0.05) is 22.8 Å². The van der Waals surface area contributed by atoms with Gasteiger partial charge in [0.2, 0.25) is 34.5 Å². The third-order valence-corrected chi connectivity index (χ3v) is 12.2. The summed E-state index contributed by atoms with van der Waals surface area (Å²) >= 11 is 22.2. The first-order chi connectivity index (χ1) is 46.8. The topological polar surface area (TPSA) is 233 Å². The molecule has 97 heavy (non-hydrogen) atoms. The number of nitriles is 1. The van der Waals surface area contributed by atoms with E-state index >= 15 is 0 Å². The lowest BCUT2D eigenvalue weighted by molar-refractivity contribution is 0.274. The number of halogens is 4. The summed E-state index contributed by atoms with van der Waals surface area (Å²) in [5.41, 5.74) is 10.0. The van der Waals surface area contributed by atoms with Crippen LogP contribution in [0.2, 0.25) is 20.6 Å². The van der Waals surface area contributed by atoms with Gasteiger partial charge in [0.05, 0.1) is 46.1 Å². The number of hydrogen-bond acceptors (Lipinski definition) is 15. The number of aromatic nitrogens is 5. The van der Waals surface area contributed by atoms with Gasteiger partial charge in [-0.05, 0) is 134 Å². The molecule has 3 aliphatic heterocycles. The number of aromatic hydroxyl groups is 1. The summed E-state index contributed by atoms with van der Waals surface area (Å²) in [6.07, 6.45) is 0. The Morgan fingerprint density at radius 1 is 0.433 bits per heavy atom. The second-order valence-electron chi connectivity index (χ2n) is 16.9. The van der Waals surface area contributed by atoms with Crippen LogP contribution in [0.3, 0.4) is 0 Å². The Morgan fingerprint density at radius 3 is 1.21 bits per heavy atom. The number of phenolic OH excluding ortho intramolecular Hbond substituents is 1. The standard InChI is InChI=1S/2C14H11BN2O3.C7H7BO3.2C7H5ClN2.C6H2Cl2N2.8C2H6/c1-9-13(16-2)5-6-14(17-9)20-11-3-4-12-10(7-11)8-19-15(12)18;1-9-2-3-10(7-16)14(17-9)20-12-4-5-13-11(6-12)8-19-15(13)18;9-6-1-2-7-5(3-6)4-11-8(7)10;1-5-6(9-2)3-4-7(8)10-5;1-5-3-4-6(9-2)7(8)10-5;1-9-4-2-3-5(7)10-6(4)8;8*1-2/h3-7,18H,8H2,1H3;2-6,18H,8H2,1H3;1-3,9-10H,4H2;2*3-4H,1H3;2-3H;8*1-2H3. The maximum Gasteiger partial charge on any atom is 0.491 e. The minimum absolute atomic E-state index is 0.155. The molecular weight excluding hydrogens is 1310 g/mol. The van der Waals surface area contributed by atoms with Gasteiger partial charge in [-0.2, -0.15) is 5.26 Å². The van der Waals surface area contributed by atoms with E-state index in [9.17, 15) is 10.0 Å². The Kier molecular flexibility index (Phi) is 52.0. The summed E-state index contributed by atoms with van der Waals surface area (Å²) in [5, 5.41) is 47.6. The molecule has 0 bridgehead atoms. The SMILES string of the molecule is CC.CC.CC.CC.CC.CC.CC.CC.Cc1ccc(C#N)c(Oc2ccc3c(c2)COB3O)n1.OB1OCc2cc(O)ccc21.[C-]#[N+]c1ccc(C)nc1Cl.[C-]#[N+]c1ccc(Cl)nc1C.[C-]#[N+]c1ccc(Cl)nc1Cl.[C-]#[N+]c1ccc(Oc2ccc3c(c2)COB3O)nc1C. The number of benzene rings is 3. The zero-order chi connectivity index (χ0) is 74.8. The third kappa shape index (κ3) is 32.3. The molecule has 4 N–H and O–H groups in total. The van der Waals surface area contributed by atoms with Crippen molar-refractivity contribution in [3.8, 4) is 35.1 Å². The minimum Gasteiger partial charge on any atom is -0.508 e. The predicted octanol–water partition coefficient (Wildman–Crippen LogP) is 19.2. The molecule has 0 spiro atoms. The lowest BCUT2D eigenvalue weighted by Crippen LogP contribution is -2.27. The number of nitrogens with zero attached hydrogens (tertiary/aromatic N) is 10. The molecule has 8 heterocycles. The van der Waals surface area contributed by atoms with Crippen LogP contribution in [0.1, 0.15) is 156 Å². The highest BCUT2D eigenvalue weighted by molar-refractivity contribution is 6.62. The molecule has 0 saturated carbocycles. The number of aryl methyl sites for hydroxylation is 4. The van der Waals surface area contributed by atoms with Gasteiger partial charge >= 0.3 is 21.4 Å². The van der Waals surface area contributed by atoms with Gasteiger partial charge < -0.3 is 43.6 Å². The van der Waals surface area contributed by atoms with E-state index in [2.05, 4.69) is 50.4 Å². The van der Waals surface area contributed by atoms with Crippen LogP contribution in [0.4, 0.5) is 22.7 Å². The van der Waals surface area contributed by atoms with Crippen molar-refractivity contribution in [2.75, 3.05) is 0 Å². The maximum absolute atomic E-state index is 9.56. The molecule has 0 fully saturated rings. The Labute approximate surface area is 597 Å². The molecule has 11 rings (SSSR count). The average Bonchev–Trinajstić information content (AvgIpc) is 1.80. The van der Waals surface area contributed by atoms with Gasteiger partial charge in [-0.15, -0.1) is 0 Å². The van der Waals surface area contributed by atoms with Crippen molar-refractivity contribution in [2.45, 2.75) is 158 Å². The molecular formula is C71H89B3Cl4N10O9. The van der Waals surface area contributed by atoms with Crippen molar-refractivity contribution in [2.24, 2.45) is 0 Å². The van der Waals surface area contributed by atoms with E-state index in [-0.39, 0.29) is 21.9 Å². The molecule has 514 valence electrons. The largest absolute Gasteiger partial charge is 0.508 e. The van der Waals surface area contributed by atoms with Crippen LogP contribution in [-0.2, 0) is 33.8 Å². The zero-order valence-corrected chi connectivity index (χ0v) is 62.2. The summed E-state index contributed by atoms with van der Waals surface area (Å²) in [6, 6.07) is 34.1. The highest BCUT2D eigenvalue weighted by atomic mass is 35.5. The molecule has 8 aromatic rings. The van der Waals surface area contributed by atoms with Gasteiger partial charge in [-0.25, -0.2) is 34.3 Å². The maximum atomic E-state index is 9.56. The lowest BCUT2D eigenvalue weighted by Gasteiger charge is -2.08. The van der Waals surface area contributed by atoms with Gasteiger partial charge in [-0.3, -0.25) is 9.97 Å². The molecule has 26 heteroatoms. The smallest absolute Gasteiger partial charge is 0.491 e. The Hall–Kier alpha value is -8.63.